The van der Waals surface area contributed by atoms with Crippen LogP contribution in [0.4, 0.5) is 8.78 Å². The van der Waals surface area contributed by atoms with E-state index in [0.717, 1.165) is 0 Å². The molecule has 2 aromatic rings. The van der Waals surface area contributed by atoms with Crippen LogP contribution in [0.1, 0.15) is 34.8 Å². The highest BCUT2D eigenvalue weighted by Crippen LogP contribution is 2.39. The zero-order chi connectivity index (χ0) is 21.4. The molecule has 6 nitrogen and oxygen atoms in total. The minimum atomic E-state index is -1.24. The average Bonchev–Trinajstić information content (AvgIpc) is 2.75. The summed E-state index contributed by atoms with van der Waals surface area (Å²) in [6.07, 6.45) is -5.30. The molecule has 8 heteroatoms. The Morgan fingerprint density at radius 3 is 2.37 bits per heavy atom. The van der Waals surface area contributed by atoms with E-state index in [-0.39, 0.29) is 12.4 Å². The summed E-state index contributed by atoms with van der Waals surface area (Å²) in [4.78, 5) is 0. The van der Waals surface area contributed by atoms with E-state index in [1.165, 1.54) is 12.1 Å². The maximum atomic E-state index is 14.0. The van der Waals surface area contributed by atoms with Crippen molar-refractivity contribution in [3.8, 4) is 0 Å². The molecule has 4 rings (SSSR count). The summed E-state index contributed by atoms with van der Waals surface area (Å²) in [6, 6.07) is 9.13. The third kappa shape index (κ3) is 4.12. The monoisotopic (exact) mass is 422 g/mol. The van der Waals surface area contributed by atoms with Crippen molar-refractivity contribution in [1.82, 2.24) is 0 Å². The molecular formula is C22H24F2O6. The predicted molar refractivity (Wildman–Crippen MR) is 101 cm³/mol. The topological polar surface area (TPSA) is 77.4 Å². The maximum Gasteiger partial charge on any atom is 0.185 e. The average molecular weight is 422 g/mol. The molecule has 162 valence electrons. The van der Waals surface area contributed by atoms with Gasteiger partial charge in [-0.15, -0.1) is 0 Å². The first-order valence-electron chi connectivity index (χ1n) is 9.76. The molecule has 2 heterocycles. The Balaban J connectivity index is 1.57. The van der Waals surface area contributed by atoms with Crippen LogP contribution in [0.5, 0.6) is 0 Å². The number of hydrogen-bond acceptors (Lipinski definition) is 6. The van der Waals surface area contributed by atoms with Gasteiger partial charge >= 0.3 is 0 Å². The van der Waals surface area contributed by atoms with Gasteiger partial charge < -0.3 is 29.2 Å². The van der Waals surface area contributed by atoms with Crippen LogP contribution >= 0.6 is 0 Å². The largest absolute Gasteiger partial charge is 0.394 e. The van der Waals surface area contributed by atoms with E-state index in [4.69, 9.17) is 18.9 Å². The van der Waals surface area contributed by atoms with Gasteiger partial charge in [0, 0.05) is 11.1 Å². The summed E-state index contributed by atoms with van der Waals surface area (Å²) < 4.78 is 51.2. The van der Waals surface area contributed by atoms with Gasteiger partial charge in [0.1, 0.15) is 36.1 Å². The van der Waals surface area contributed by atoms with Crippen LogP contribution in [0.25, 0.3) is 0 Å². The Labute approximate surface area is 172 Å². The zero-order valence-corrected chi connectivity index (χ0v) is 16.6. The number of halogens is 2. The summed E-state index contributed by atoms with van der Waals surface area (Å²) in [5, 5.41) is 19.9. The number of hydrogen-bond donors (Lipinski definition) is 2. The number of ether oxygens (including phenoxy) is 4. The molecule has 6 atom stereocenters. The second kappa shape index (κ2) is 8.66. The molecule has 0 aromatic heterocycles. The Kier molecular flexibility index (Phi) is 6.15. The lowest BCUT2D eigenvalue weighted by atomic mass is 9.99. The van der Waals surface area contributed by atoms with Crippen LogP contribution in [0.3, 0.4) is 0 Å². The SMILES string of the molecule is Cc1cc(C2OCC3OC(c4ccc(C)c(F)c4)OC(C(O)CO)C3O2)ccc1F. The predicted octanol–water partition coefficient (Wildman–Crippen LogP) is 2.83. The summed E-state index contributed by atoms with van der Waals surface area (Å²) >= 11 is 0. The van der Waals surface area contributed by atoms with Crippen molar-refractivity contribution >= 4 is 0 Å². The van der Waals surface area contributed by atoms with Gasteiger partial charge in [0.15, 0.2) is 12.6 Å². The lowest BCUT2D eigenvalue weighted by Crippen LogP contribution is -2.58. The van der Waals surface area contributed by atoms with Crippen LogP contribution in [0.2, 0.25) is 0 Å². The Morgan fingerprint density at radius 2 is 1.67 bits per heavy atom. The third-order valence-corrected chi connectivity index (χ3v) is 5.45. The Hall–Kier alpha value is -1.94. The molecule has 0 radical (unpaired) electrons. The number of aryl methyl sites for hydroxylation is 2. The maximum absolute atomic E-state index is 14.0. The van der Waals surface area contributed by atoms with Crippen molar-refractivity contribution in [2.45, 2.75) is 50.8 Å². The lowest BCUT2D eigenvalue weighted by Gasteiger charge is -2.47. The fraction of sp³-hybridized carbons (Fsp3) is 0.455. The van der Waals surface area contributed by atoms with E-state index in [1.807, 2.05) is 0 Å². The molecule has 2 aliphatic heterocycles. The molecule has 0 saturated carbocycles. The van der Waals surface area contributed by atoms with Crippen LogP contribution in [-0.2, 0) is 18.9 Å². The smallest absolute Gasteiger partial charge is 0.185 e. The molecule has 2 fully saturated rings. The van der Waals surface area contributed by atoms with Gasteiger partial charge in [-0.3, -0.25) is 0 Å². The zero-order valence-electron chi connectivity index (χ0n) is 16.6. The number of aliphatic hydroxyl groups is 2. The van der Waals surface area contributed by atoms with Gasteiger partial charge in [-0.2, -0.15) is 0 Å². The fourth-order valence-electron chi connectivity index (χ4n) is 3.68. The third-order valence-electron chi connectivity index (χ3n) is 5.45. The number of fused-ring (bicyclic) bond motifs is 1. The van der Waals surface area contributed by atoms with Crippen molar-refractivity contribution in [3.63, 3.8) is 0 Å². The normalized spacial score (nSPS) is 30.0. The molecule has 2 N–H and O–H groups in total. The van der Waals surface area contributed by atoms with Crippen molar-refractivity contribution in [3.05, 3.63) is 70.3 Å². The highest BCUT2D eigenvalue weighted by Gasteiger charge is 2.48. The Morgan fingerprint density at radius 1 is 0.933 bits per heavy atom. The van der Waals surface area contributed by atoms with Crippen molar-refractivity contribution in [2.75, 3.05) is 13.2 Å². The number of aliphatic hydroxyl groups excluding tert-OH is 2. The number of benzene rings is 2. The molecule has 2 aromatic carbocycles. The molecule has 30 heavy (non-hydrogen) atoms. The summed E-state index contributed by atoms with van der Waals surface area (Å²) in [7, 11) is 0. The van der Waals surface area contributed by atoms with Gasteiger partial charge in [-0.25, -0.2) is 8.78 Å². The van der Waals surface area contributed by atoms with Crippen LogP contribution in [0, 0.1) is 25.5 Å². The van der Waals surface area contributed by atoms with Gasteiger partial charge in [-0.1, -0.05) is 18.2 Å². The molecule has 0 spiro atoms. The molecule has 0 bridgehead atoms. The van der Waals surface area contributed by atoms with Crippen molar-refractivity contribution < 1.29 is 37.9 Å². The molecule has 0 amide bonds. The standard InChI is InChI=1S/C22H24F2O6/c1-11-3-4-14(8-16(11)24)22-28-18-10-27-21(13-5-6-15(23)12(2)7-13)30-20(18)19(29-22)17(26)9-25/h3-8,17-22,25-26H,9-10H2,1-2H3. The van der Waals surface area contributed by atoms with E-state index in [9.17, 15) is 19.0 Å². The first-order chi connectivity index (χ1) is 14.4. The highest BCUT2D eigenvalue weighted by atomic mass is 19.1. The molecular weight excluding hydrogens is 398 g/mol. The van der Waals surface area contributed by atoms with E-state index < -0.39 is 49.4 Å². The summed E-state index contributed by atoms with van der Waals surface area (Å²) in [5.41, 5.74) is 2.00. The highest BCUT2D eigenvalue weighted by molar-refractivity contribution is 5.26. The van der Waals surface area contributed by atoms with Crippen molar-refractivity contribution in [2.24, 2.45) is 0 Å². The van der Waals surface area contributed by atoms with Crippen LogP contribution in [0.15, 0.2) is 36.4 Å². The minimum Gasteiger partial charge on any atom is -0.394 e. The first-order valence-corrected chi connectivity index (χ1v) is 9.76. The quantitative estimate of drug-likeness (QED) is 0.789. The van der Waals surface area contributed by atoms with Gasteiger partial charge in [-0.05, 0) is 43.2 Å². The second-order valence-corrected chi connectivity index (χ2v) is 7.64. The molecule has 2 aliphatic rings. The first kappa shape index (κ1) is 21.3. The van der Waals surface area contributed by atoms with Gasteiger partial charge in [0.05, 0.1) is 13.2 Å². The molecule has 6 unspecified atom stereocenters. The second-order valence-electron chi connectivity index (χ2n) is 7.64. The Bertz CT molecular complexity index is 905. The fourth-order valence-corrected chi connectivity index (χ4v) is 3.68. The molecule has 2 saturated heterocycles. The van der Waals surface area contributed by atoms with E-state index >= 15 is 0 Å². The molecule has 0 aliphatic carbocycles. The van der Waals surface area contributed by atoms with E-state index in [2.05, 4.69) is 0 Å². The van der Waals surface area contributed by atoms with E-state index in [0.29, 0.717) is 22.3 Å². The minimum absolute atomic E-state index is 0.120. The number of rotatable bonds is 4. The summed E-state index contributed by atoms with van der Waals surface area (Å²) in [6.45, 7) is 2.86. The van der Waals surface area contributed by atoms with Crippen LogP contribution in [-0.4, -0.2) is 47.8 Å². The summed E-state index contributed by atoms with van der Waals surface area (Å²) in [5.74, 6) is -0.734. The lowest BCUT2D eigenvalue weighted by molar-refractivity contribution is -0.373. The van der Waals surface area contributed by atoms with Gasteiger partial charge in [0.25, 0.3) is 0 Å². The van der Waals surface area contributed by atoms with Gasteiger partial charge in [0.2, 0.25) is 0 Å². The van der Waals surface area contributed by atoms with Crippen LogP contribution < -0.4 is 0 Å². The van der Waals surface area contributed by atoms with E-state index in [1.54, 1.807) is 38.1 Å². The van der Waals surface area contributed by atoms with Crippen molar-refractivity contribution in [1.29, 1.82) is 0 Å².